The van der Waals surface area contributed by atoms with Crippen molar-refractivity contribution in [2.45, 2.75) is 25.9 Å². The molecule has 25 heavy (non-hydrogen) atoms. The zero-order valence-corrected chi connectivity index (χ0v) is 14.0. The summed E-state index contributed by atoms with van der Waals surface area (Å²) in [6.45, 7) is 2.46. The number of carbonyl (C=O) groups is 1. The van der Waals surface area contributed by atoms with E-state index in [1.54, 1.807) is 23.1 Å². The molecule has 0 unspecified atom stereocenters. The number of hydrogen-bond acceptors (Lipinski definition) is 4. The van der Waals surface area contributed by atoms with Crippen LogP contribution in [-0.4, -0.2) is 31.8 Å². The van der Waals surface area contributed by atoms with E-state index in [0.717, 1.165) is 11.1 Å². The highest BCUT2D eigenvalue weighted by Crippen LogP contribution is 2.13. The zero-order chi connectivity index (χ0) is 17.6. The summed E-state index contributed by atoms with van der Waals surface area (Å²) < 4.78 is 1.69. The zero-order valence-electron chi connectivity index (χ0n) is 14.0. The number of benzene rings is 2. The molecule has 2 aromatic carbocycles. The first-order valence-electron chi connectivity index (χ1n) is 8.11. The molecule has 128 valence electrons. The molecule has 0 aliphatic rings. The van der Waals surface area contributed by atoms with E-state index in [9.17, 15) is 9.90 Å². The number of nitrogens with one attached hydrogen (secondary N) is 1. The number of aromatic nitrogens is 3. The van der Waals surface area contributed by atoms with Gasteiger partial charge in [0.05, 0.1) is 6.54 Å². The Morgan fingerprint density at radius 2 is 1.96 bits per heavy atom. The van der Waals surface area contributed by atoms with E-state index in [2.05, 4.69) is 15.4 Å². The SMILES string of the molecule is C[C@H](Cc1ccc(O)cc1)NC(=O)c1ccccc1Cn1cncn1. The predicted molar refractivity (Wildman–Crippen MR) is 94.3 cm³/mol. The molecule has 1 atom stereocenters. The van der Waals surface area contributed by atoms with E-state index in [1.807, 2.05) is 43.3 Å². The molecule has 0 fully saturated rings. The van der Waals surface area contributed by atoms with Crippen LogP contribution in [0.2, 0.25) is 0 Å². The topological polar surface area (TPSA) is 80.0 Å². The molecule has 2 N–H and O–H groups in total. The number of aromatic hydroxyl groups is 1. The lowest BCUT2D eigenvalue weighted by atomic mass is 10.0. The third kappa shape index (κ3) is 4.44. The van der Waals surface area contributed by atoms with E-state index < -0.39 is 0 Å². The van der Waals surface area contributed by atoms with Crippen LogP contribution in [0.15, 0.2) is 61.2 Å². The van der Waals surface area contributed by atoms with Gasteiger partial charge in [-0.25, -0.2) is 9.67 Å². The highest BCUT2D eigenvalue weighted by molar-refractivity contribution is 5.95. The smallest absolute Gasteiger partial charge is 0.251 e. The first-order valence-corrected chi connectivity index (χ1v) is 8.11. The fraction of sp³-hybridized carbons (Fsp3) is 0.211. The third-order valence-corrected chi connectivity index (χ3v) is 3.92. The van der Waals surface area contributed by atoms with Gasteiger partial charge in [-0.1, -0.05) is 30.3 Å². The van der Waals surface area contributed by atoms with E-state index in [0.29, 0.717) is 18.5 Å². The summed E-state index contributed by atoms with van der Waals surface area (Å²) in [5.74, 6) is 0.129. The quantitative estimate of drug-likeness (QED) is 0.724. The molecule has 0 bridgehead atoms. The maximum Gasteiger partial charge on any atom is 0.251 e. The van der Waals surface area contributed by atoms with Gasteiger partial charge in [0.1, 0.15) is 18.4 Å². The van der Waals surface area contributed by atoms with Gasteiger partial charge in [-0.05, 0) is 42.7 Å². The standard InChI is InChI=1S/C19H20N4O2/c1-14(10-15-6-8-17(24)9-7-15)22-19(25)18-5-3-2-4-16(18)11-23-13-20-12-21-23/h2-9,12-14,24H,10-11H2,1H3,(H,22,25)/t14-/m1/s1. The van der Waals surface area contributed by atoms with Crippen molar-refractivity contribution < 1.29 is 9.90 Å². The molecule has 0 spiro atoms. The summed E-state index contributed by atoms with van der Waals surface area (Å²) in [5, 5.41) is 16.5. The minimum atomic E-state index is -0.109. The van der Waals surface area contributed by atoms with Gasteiger partial charge >= 0.3 is 0 Å². The van der Waals surface area contributed by atoms with Crippen LogP contribution in [0.3, 0.4) is 0 Å². The first-order chi connectivity index (χ1) is 12.1. The van der Waals surface area contributed by atoms with E-state index in [-0.39, 0.29) is 17.7 Å². The van der Waals surface area contributed by atoms with Gasteiger partial charge in [0.2, 0.25) is 0 Å². The second-order valence-electron chi connectivity index (χ2n) is 6.00. The van der Waals surface area contributed by atoms with Crippen molar-refractivity contribution in [3.05, 3.63) is 77.9 Å². The number of hydrogen-bond donors (Lipinski definition) is 2. The number of nitrogens with zero attached hydrogens (tertiary/aromatic N) is 3. The van der Waals surface area contributed by atoms with Crippen molar-refractivity contribution in [1.82, 2.24) is 20.1 Å². The molecular formula is C19H20N4O2. The molecule has 3 aromatic rings. The van der Waals surface area contributed by atoms with Crippen molar-refractivity contribution in [3.8, 4) is 5.75 Å². The van der Waals surface area contributed by atoms with Crippen LogP contribution >= 0.6 is 0 Å². The van der Waals surface area contributed by atoms with E-state index in [1.165, 1.54) is 6.33 Å². The maximum absolute atomic E-state index is 12.7. The fourth-order valence-corrected chi connectivity index (χ4v) is 2.71. The van der Waals surface area contributed by atoms with Gasteiger partial charge < -0.3 is 10.4 Å². The minimum Gasteiger partial charge on any atom is -0.508 e. The Balaban J connectivity index is 1.67. The van der Waals surface area contributed by atoms with Crippen molar-refractivity contribution in [3.63, 3.8) is 0 Å². The Hall–Kier alpha value is -3.15. The second kappa shape index (κ2) is 7.61. The van der Waals surface area contributed by atoms with Gasteiger partial charge in [-0.3, -0.25) is 4.79 Å². The molecular weight excluding hydrogens is 316 g/mol. The van der Waals surface area contributed by atoms with Gasteiger partial charge in [0.25, 0.3) is 5.91 Å². The molecule has 0 aliphatic carbocycles. The number of phenolic OH excluding ortho intramolecular Hbond substituents is 1. The molecule has 1 heterocycles. The van der Waals surface area contributed by atoms with Gasteiger partial charge in [-0.15, -0.1) is 0 Å². The normalized spacial score (nSPS) is 11.9. The van der Waals surface area contributed by atoms with Gasteiger partial charge in [0.15, 0.2) is 0 Å². The Morgan fingerprint density at radius 1 is 1.20 bits per heavy atom. The summed E-state index contributed by atoms with van der Waals surface area (Å²) in [5.41, 5.74) is 2.58. The molecule has 6 nitrogen and oxygen atoms in total. The average Bonchev–Trinajstić information content (AvgIpc) is 3.10. The maximum atomic E-state index is 12.7. The van der Waals surface area contributed by atoms with Crippen molar-refractivity contribution in [1.29, 1.82) is 0 Å². The van der Waals surface area contributed by atoms with Gasteiger partial charge in [0, 0.05) is 11.6 Å². The van der Waals surface area contributed by atoms with Crippen molar-refractivity contribution in [2.75, 3.05) is 0 Å². The molecule has 0 saturated carbocycles. The largest absolute Gasteiger partial charge is 0.508 e. The lowest BCUT2D eigenvalue weighted by molar-refractivity contribution is 0.0939. The molecule has 3 rings (SSSR count). The van der Waals surface area contributed by atoms with Gasteiger partial charge in [-0.2, -0.15) is 5.10 Å². The molecule has 0 saturated heterocycles. The predicted octanol–water partition coefficient (Wildman–Crippen LogP) is 2.39. The Labute approximate surface area is 146 Å². The van der Waals surface area contributed by atoms with Crippen molar-refractivity contribution >= 4 is 5.91 Å². The van der Waals surface area contributed by atoms with Crippen LogP contribution in [0, 0.1) is 0 Å². The van der Waals surface area contributed by atoms with E-state index in [4.69, 9.17) is 0 Å². The second-order valence-corrected chi connectivity index (χ2v) is 6.00. The number of amides is 1. The number of rotatable bonds is 6. The summed E-state index contributed by atoms with van der Waals surface area (Å²) in [7, 11) is 0. The van der Waals surface area contributed by atoms with Crippen LogP contribution in [-0.2, 0) is 13.0 Å². The van der Waals surface area contributed by atoms with Crippen LogP contribution < -0.4 is 5.32 Å². The van der Waals surface area contributed by atoms with E-state index >= 15 is 0 Å². The summed E-state index contributed by atoms with van der Waals surface area (Å²) in [6.07, 6.45) is 3.79. The molecule has 0 aliphatic heterocycles. The summed E-state index contributed by atoms with van der Waals surface area (Å²) in [4.78, 5) is 16.6. The molecule has 1 amide bonds. The summed E-state index contributed by atoms with van der Waals surface area (Å²) >= 11 is 0. The van der Waals surface area contributed by atoms with Crippen LogP contribution in [0.25, 0.3) is 0 Å². The molecule has 1 aromatic heterocycles. The lowest BCUT2D eigenvalue weighted by Gasteiger charge is -2.16. The van der Waals surface area contributed by atoms with Crippen LogP contribution in [0.4, 0.5) is 0 Å². The first kappa shape index (κ1) is 16.7. The average molecular weight is 336 g/mol. The Morgan fingerprint density at radius 3 is 2.68 bits per heavy atom. The van der Waals surface area contributed by atoms with Crippen LogP contribution in [0.5, 0.6) is 5.75 Å². The Kier molecular flexibility index (Phi) is 5.09. The van der Waals surface area contributed by atoms with Crippen LogP contribution in [0.1, 0.15) is 28.4 Å². The molecule has 6 heteroatoms. The van der Waals surface area contributed by atoms with Crippen molar-refractivity contribution in [2.24, 2.45) is 0 Å². The highest BCUT2D eigenvalue weighted by atomic mass is 16.3. The number of phenols is 1. The summed E-state index contributed by atoms with van der Waals surface area (Å²) in [6, 6.07) is 14.5. The third-order valence-electron chi connectivity index (χ3n) is 3.92. The fourth-order valence-electron chi connectivity index (χ4n) is 2.71. The molecule has 0 radical (unpaired) electrons. The minimum absolute atomic E-state index is 0.0310. The highest BCUT2D eigenvalue weighted by Gasteiger charge is 2.14. The lowest BCUT2D eigenvalue weighted by Crippen LogP contribution is -2.34. The monoisotopic (exact) mass is 336 g/mol. The number of carbonyl (C=O) groups excluding carboxylic acids is 1. The Bertz CT molecular complexity index is 829.